The number of ether oxygens (including phenoxy) is 1. The molecule has 2 fully saturated rings. The Hall–Kier alpha value is -1.97. The highest BCUT2D eigenvalue weighted by Crippen LogP contribution is 2.17. The van der Waals surface area contributed by atoms with Crippen LogP contribution in [0.3, 0.4) is 0 Å². The minimum atomic E-state index is -2.98. The highest BCUT2D eigenvalue weighted by atomic mass is 32.2. The molecule has 2 heterocycles. The molecule has 2 amide bonds. The molecule has 28 heavy (non-hydrogen) atoms. The number of rotatable bonds is 6. The molecular formula is C19H27N3O5S. The third kappa shape index (κ3) is 5.76. The Morgan fingerprint density at radius 1 is 1.21 bits per heavy atom. The van der Waals surface area contributed by atoms with Crippen molar-refractivity contribution in [3.05, 3.63) is 29.8 Å². The quantitative estimate of drug-likeness (QED) is 0.740. The summed E-state index contributed by atoms with van der Waals surface area (Å²) in [6, 6.07) is 6.93. The molecule has 1 aromatic rings. The number of hydrogen-bond acceptors (Lipinski definition) is 6. The molecule has 154 valence electrons. The van der Waals surface area contributed by atoms with Crippen molar-refractivity contribution in [2.75, 3.05) is 56.7 Å². The maximum absolute atomic E-state index is 12.8. The van der Waals surface area contributed by atoms with E-state index in [2.05, 4.69) is 10.2 Å². The second-order valence-electron chi connectivity index (χ2n) is 7.34. The van der Waals surface area contributed by atoms with E-state index in [4.69, 9.17) is 4.74 Å². The molecule has 2 aliphatic heterocycles. The van der Waals surface area contributed by atoms with E-state index < -0.39 is 15.9 Å². The zero-order chi connectivity index (χ0) is 20.1. The number of hydrogen-bond donors (Lipinski definition) is 1. The first-order valence-corrected chi connectivity index (χ1v) is 11.6. The second-order valence-corrected chi connectivity index (χ2v) is 9.60. The maximum atomic E-state index is 12.8. The van der Waals surface area contributed by atoms with E-state index >= 15 is 0 Å². The van der Waals surface area contributed by atoms with E-state index in [1.54, 1.807) is 29.2 Å². The first-order valence-electron chi connectivity index (χ1n) is 9.54. The minimum absolute atomic E-state index is 0.0871. The number of carbonyl (C=O) groups is 2. The monoisotopic (exact) mass is 409 g/mol. The summed E-state index contributed by atoms with van der Waals surface area (Å²) < 4.78 is 28.0. The van der Waals surface area contributed by atoms with Crippen molar-refractivity contribution in [1.29, 1.82) is 0 Å². The van der Waals surface area contributed by atoms with E-state index in [0.29, 0.717) is 57.0 Å². The Balaban J connectivity index is 1.54. The van der Waals surface area contributed by atoms with E-state index in [9.17, 15) is 18.0 Å². The van der Waals surface area contributed by atoms with Gasteiger partial charge in [-0.3, -0.25) is 14.5 Å². The van der Waals surface area contributed by atoms with E-state index in [1.807, 2.05) is 0 Å². The van der Waals surface area contributed by atoms with Crippen LogP contribution in [0.5, 0.6) is 0 Å². The normalized spacial score (nSPS) is 20.9. The van der Waals surface area contributed by atoms with Crippen LogP contribution in [0.4, 0.5) is 5.69 Å². The van der Waals surface area contributed by atoms with Crippen molar-refractivity contribution in [3.8, 4) is 0 Å². The van der Waals surface area contributed by atoms with Gasteiger partial charge < -0.3 is 15.0 Å². The molecule has 9 heteroatoms. The molecule has 0 saturated carbocycles. The molecule has 0 aromatic heterocycles. The second kappa shape index (κ2) is 9.02. The number of amides is 2. The molecule has 0 radical (unpaired) electrons. The Morgan fingerprint density at radius 2 is 1.96 bits per heavy atom. The van der Waals surface area contributed by atoms with Gasteiger partial charge in [-0.1, -0.05) is 6.07 Å². The molecule has 8 nitrogen and oxygen atoms in total. The molecule has 3 rings (SSSR count). The number of anilines is 1. The third-order valence-electron chi connectivity index (χ3n) is 5.04. The van der Waals surface area contributed by atoms with Crippen LogP contribution in [0.2, 0.25) is 0 Å². The lowest BCUT2D eigenvalue weighted by Crippen LogP contribution is -2.49. The summed E-state index contributed by atoms with van der Waals surface area (Å²) in [7, 11) is -2.98. The summed E-state index contributed by atoms with van der Waals surface area (Å²) in [6.07, 6.45) is 2.41. The molecule has 2 saturated heterocycles. The average Bonchev–Trinajstić information content (AvgIpc) is 3.21. The first-order chi connectivity index (χ1) is 13.3. The van der Waals surface area contributed by atoms with Gasteiger partial charge in [0.1, 0.15) is 15.9 Å². The van der Waals surface area contributed by atoms with Gasteiger partial charge in [0.25, 0.3) is 11.8 Å². The van der Waals surface area contributed by atoms with Crippen molar-refractivity contribution in [1.82, 2.24) is 9.80 Å². The molecular weight excluding hydrogens is 382 g/mol. The topological polar surface area (TPSA) is 96.0 Å². The lowest BCUT2D eigenvalue weighted by atomic mass is 10.1. The zero-order valence-electron chi connectivity index (χ0n) is 16.1. The Morgan fingerprint density at radius 3 is 2.61 bits per heavy atom. The van der Waals surface area contributed by atoms with Gasteiger partial charge in [-0.2, -0.15) is 0 Å². The summed E-state index contributed by atoms with van der Waals surface area (Å²) in [6.45, 7) is 3.50. The van der Waals surface area contributed by atoms with Crippen LogP contribution in [0.25, 0.3) is 0 Å². The summed E-state index contributed by atoms with van der Waals surface area (Å²) in [5.74, 6) is -0.134. The number of sulfone groups is 1. The fourth-order valence-electron chi connectivity index (χ4n) is 3.39. The molecule has 1 unspecified atom stereocenters. The number of piperazine rings is 1. The van der Waals surface area contributed by atoms with Gasteiger partial charge in [0.15, 0.2) is 0 Å². The Labute approximate surface area is 165 Å². The van der Waals surface area contributed by atoms with E-state index in [1.165, 1.54) is 6.26 Å². The standard InChI is InChI=1S/C19H27N3O5S/c1-28(25,26)13-11-21-7-9-22(10-8-21)19(24)15-4-2-5-16(14-15)20-18(23)17-6-3-12-27-17/h2,4-5,14,17H,3,6-13H2,1H3,(H,20,23). The summed E-state index contributed by atoms with van der Waals surface area (Å²) in [5.41, 5.74) is 1.10. The fraction of sp³-hybridized carbons (Fsp3) is 0.579. The van der Waals surface area contributed by atoms with Crippen LogP contribution in [-0.4, -0.2) is 87.5 Å². The molecule has 2 aliphatic rings. The molecule has 0 spiro atoms. The van der Waals surface area contributed by atoms with Crippen molar-refractivity contribution in [2.24, 2.45) is 0 Å². The lowest BCUT2D eigenvalue weighted by molar-refractivity contribution is -0.124. The van der Waals surface area contributed by atoms with Gasteiger partial charge in [-0.05, 0) is 31.0 Å². The van der Waals surface area contributed by atoms with Crippen LogP contribution in [0.15, 0.2) is 24.3 Å². The van der Waals surface area contributed by atoms with Crippen molar-refractivity contribution >= 4 is 27.3 Å². The van der Waals surface area contributed by atoms with Gasteiger partial charge >= 0.3 is 0 Å². The molecule has 1 atom stereocenters. The van der Waals surface area contributed by atoms with Crippen LogP contribution < -0.4 is 5.32 Å². The van der Waals surface area contributed by atoms with Crippen LogP contribution in [0, 0.1) is 0 Å². The van der Waals surface area contributed by atoms with E-state index in [0.717, 1.165) is 6.42 Å². The van der Waals surface area contributed by atoms with Crippen LogP contribution in [0.1, 0.15) is 23.2 Å². The number of benzene rings is 1. The largest absolute Gasteiger partial charge is 0.368 e. The Bertz CT molecular complexity index is 813. The molecule has 0 aliphatic carbocycles. The smallest absolute Gasteiger partial charge is 0.254 e. The third-order valence-corrected chi connectivity index (χ3v) is 5.96. The SMILES string of the molecule is CS(=O)(=O)CCN1CCN(C(=O)c2cccc(NC(=O)C3CCCO3)c2)CC1. The van der Waals surface area contributed by atoms with Crippen molar-refractivity contribution in [3.63, 3.8) is 0 Å². The average molecular weight is 410 g/mol. The summed E-state index contributed by atoms with van der Waals surface area (Å²) in [5, 5.41) is 2.82. The number of nitrogens with one attached hydrogen (secondary N) is 1. The van der Waals surface area contributed by atoms with Crippen molar-refractivity contribution in [2.45, 2.75) is 18.9 Å². The Kier molecular flexibility index (Phi) is 6.69. The zero-order valence-corrected chi connectivity index (χ0v) is 16.9. The van der Waals surface area contributed by atoms with Gasteiger partial charge in [-0.15, -0.1) is 0 Å². The number of carbonyl (C=O) groups excluding carboxylic acids is 2. The molecule has 1 N–H and O–H groups in total. The van der Waals surface area contributed by atoms with Gasteiger partial charge in [0.05, 0.1) is 5.75 Å². The van der Waals surface area contributed by atoms with Crippen LogP contribution >= 0.6 is 0 Å². The van der Waals surface area contributed by atoms with Gasteiger partial charge in [0, 0.05) is 56.8 Å². The molecule has 1 aromatic carbocycles. The maximum Gasteiger partial charge on any atom is 0.254 e. The van der Waals surface area contributed by atoms with Crippen molar-refractivity contribution < 1.29 is 22.7 Å². The fourth-order valence-corrected chi connectivity index (χ4v) is 3.98. The molecule has 0 bridgehead atoms. The number of nitrogens with zero attached hydrogens (tertiary/aromatic N) is 2. The van der Waals surface area contributed by atoms with E-state index in [-0.39, 0.29) is 17.6 Å². The van der Waals surface area contributed by atoms with Gasteiger partial charge in [-0.25, -0.2) is 8.42 Å². The highest BCUT2D eigenvalue weighted by molar-refractivity contribution is 7.90. The summed E-state index contributed by atoms with van der Waals surface area (Å²) in [4.78, 5) is 28.8. The predicted octanol–water partition coefficient (Wildman–Crippen LogP) is 0.607. The van der Waals surface area contributed by atoms with Gasteiger partial charge in [0.2, 0.25) is 0 Å². The van der Waals surface area contributed by atoms with Crippen LogP contribution in [-0.2, 0) is 19.4 Å². The minimum Gasteiger partial charge on any atom is -0.368 e. The lowest BCUT2D eigenvalue weighted by Gasteiger charge is -2.34. The predicted molar refractivity (Wildman–Crippen MR) is 106 cm³/mol. The highest BCUT2D eigenvalue weighted by Gasteiger charge is 2.25. The summed E-state index contributed by atoms with van der Waals surface area (Å²) >= 11 is 0. The first kappa shape index (κ1) is 20.8.